The van der Waals surface area contributed by atoms with Crippen molar-refractivity contribution in [3.8, 4) is 28.7 Å². The number of carbonyl (C=O) groups is 1. The number of para-hydroxylation sites is 2. The van der Waals surface area contributed by atoms with Gasteiger partial charge in [0.2, 0.25) is 5.91 Å². The second-order valence-electron chi connectivity index (χ2n) is 6.76. The predicted molar refractivity (Wildman–Crippen MR) is 123 cm³/mol. The van der Waals surface area contributed by atoms with E-state index in [9.17, 15) is 4.79 Å². The maximum atomic E-state index is 12.6. The van der Waals surface area contributed by atoms with Crippen LogP contribution in [-0.4, -0.2) is 28.5 Å². The summed E-state index contributed by atoms with van der Waals surface area (Å²) in [6, 6.07) is 24.1. The minimum absolute atomic E-state index is 0.177. The number of hydrogen-bond donors (Lipinski definition) is 1. The van der Waals surface area contributed by atoms with E-state index in [2.05, 4.69) is 15.5 Å². The summed E-state index contributed by atoms with van der Waals surface area (Å²) >= 11 is 1.19. The smallest absolute Gasteiger partial charge is 0.277 e. The number of hydrogen-bond acceptors (Lipinski definition) is 7. The van der Waals surface area contributed by atoms with Gasteiger partial charge in [0.25, 0.3) is 11.1 Å². The number of ether oxygens (including phenoxy) is 2. The van der Waals surface area contributed by atoms with Crippen molar-refractivity contribution in [1.29, 1.82) is 0 Å². The Bertz CT molecular complexity index is 1180. The molecule has 0 saturated carbocycles. The molecule has 3 aromatic carbocycles. The fraction of sp³-hybridized carbons (Fsp3) is 0.125. The lowest BCUT2D eigenvalue weighted by molar-refractivity contribution is -0.115. The van der Waals surface area contributed by atoms with Gasteiger partial charge in [0.15, 0.2) is 0 Å². The number of methoxy groups -OCH3 is 1. The molecule has 0 aliphatic heterocycles. The third-order valence-electron chi connectivity index (χ3n) is 4.49. The molecule has 1 heterocycles. The van der Waals surface area contributed by atoms with Gasteiger partial charge in [-0.05, 0) is 55.5 Å². The molecule has 0 bridgehead atoms. The summed E-state index contributed by atoms with van der Waals surface area (Å²) in [5.74, 6) is 2.24. The summed E-state index contributed by atoms with van der Waals surface area (Å²) in [5.41, 5.74) is 1.37. The van der Waals surface area contributed by atoms with Crippen LogP contribution >= 0.6 is 11.8 Å². The molecule has 0 unspecified atom stereocenters. The lowest BCUT2D eigenvalue weighted by atomic mass is 10.2. The van der Waals surface area contributed by atoms with Crippen molar-refractivity contribution in [1.82, 2.24) is 10.2 Å². The number of rotatable bonds is 8. The van der Waals surface area contributed by atoms with Crippen LogP contribution in [-0.2, 0) is 4.79 Å². The minimum atomic E-state index is -0.443. The highest BCUT2D eigenvalue weighted by Gasteiger charge is 2.20. The average molecular weight is 448 g/mol. The van der Waals surface area contributed by atoms with Gasteiger partial charge in [-0.1, -0.05) is 42.1 Å². The fourth-order valence-corrected chi connectivity index (χ4v) is 3.55. The largest absolute Gasteiger partial charge is 0.496 e. The first-order chi connectivity index (χ1) is 15.6. The Labute approximate surface area is 189 Å². The van der Waals surface area contributed by atoms with Crippen LogP contribution in [0.15, 0.2) is 88.5 Å². The standard InChI is InChI=1S/C24H21N3O4S/c1-16(32-24-27-26-23(31-24)20-10-6-7-11-21(20)29-2)22(28)25-17-12-14-19(15-13-17)30-18-8-4-3-5-9-18/h3-16H,1-2H3,(H,25,28)/t16-/m1/s1. The van der Waals surface area contributed by atoms with Crippen molar-refractivity contribution in [2.24, 2.45) is 0 Å². The Morgan fingerprint density at radius 2 is 1.62 bits per heavy atom. The third kappa shape index (κ3) is 5.28. The molecule has 1 atom stereocenters. The lowest BCUT2D eigenvalue weighted by Crippen LogP contribution is -2.22. The Balaban J connectivity index is 1.35. The molecule has 0 saturated heterocycles. The average Bonchev–Trinajstić information content (AvgIpc) is 3.29. The van der Waals surface area contributed by atoms with E-state index in [0.29, 0.717) is 33.9 Å². The molecule has 8 heteroatoms. The number of nitrogens with zero attached hydrogens (tertiary/aromatic N) is 2. The van der Waals surface area contributed by atoms with Crippen LogP contribution in [0, 0.1) is 0 Å². The monoisotopic (exact) mass is 447 g/mol. The van der Waals surface area contributed by atoms with Gasteiger partial charge in [0, 0.05) is 5.69 Å². The van der Waals surface area contributed by atoms with Crippen molar-refractivity contribution in [3.05, 3.63) is 78.9 Å². The molecule has 0 spiro atoms. The number of benzene rings is 3. The van der Waals surface area contributed by atoms with Gasteiger partial charge in [-0.3, -0.25) is 4.79 Å². The molecule has 4 rings (SSSR count). The van der Waals surface area contributed by atoms with Crippen LogP contribution in [0.1, 0.15) is 6.92 Å². The van der Waals surface area contributed by atoms with Crippen LogP contribution in [0.5, 0.6) is 17.2 Å². The minimum Gasteiger partial charge on any atom is -0.496 e. The number of anilines is 1. The van der Waals surface area contributed by atoms with E-state index in [1.165, 1.54) is 11.8 Å². The molecule has 0 radical (unpaired) electrons. The molecule has 1 aromatic heterocycles. The fourth-order valence-electron chi connectivity index (χ4n) is 2.87. The maximum Gasteiger partial charge on any atom is 0.277 e. The third-order valence-corrected chi connectivity index (χ3v) is 5.43. The summed E-state index contributed by atoms with van der Waals surface area (Å²) in [6.07, 6.45) is 0. The summed E-state index contributed by atoms with van der Waals surface area (Å²) < 4.78 is 16.8. The van der Waals surface area contributed by atoms with Gasteiger partial charge >= 0.3 is 0 Å². The molecule has 1 amide bonds. The van der Waals surface area contributed by atoms with Crippen LogP contribution in [0.25, 0.3) is 11.5 Å². The molecule has 1 N–H and O–H groups in total. The van der Waals surface area contributed by atoms with Crippen LogP contribution in [0.4, 0.5) is 5.69 Å². The van der Waals surface area contributed by atoms with Gasteiger partial charge < -0.3 is 19.2 Å². The van der Waals surface area contributed by atoms with E-state index < -0.39 is 5.25 Å². The van der Waals surface area contributed by atoms with Crippen LogP contribution < -0.4 is 14.8 Å². The highest BCUT2D eigenvalue weighted by Crippen LogP contribution is 2.32. The van der Waals surface area contributed by atoms with E-state index in [1.54, 1.807) is 38.3 Å². The van der Waals surface area contributed by atoms with E-state index in [-0.39, 0.29) is 5.91 Å². The molecule has 0 aliphatic rings. The van der Waals surface area contributed by atoms with Crippen molar-refractivity contribution < 1.29 is 18.7 Å². The zero-order valence-corrected chi connectivity index (χ0v) is 18.3. The molecule has 162 valence electrons. The van der Waals surface area contributed by atoms with Crippen molar-refractivity contribution in [3.63, 3.8) is 0 Å². The number of thioether (sulfide) groups is 1. The van der Waals surface area contributed by atoms with Crippen LogP contribution in [0.2, 0.25) is 0 Å². The molecular formula is C24H21N3O4S. The zero-order chi connectivity index (χ0) is 22.3. The summed E-state index contributed by atoms with van der Waals surface area (Å²) in [4.78, 5) is 12.6. The summed E-state index contributed by atoms with van der Waals surface area (Å²) in [6.45, 7) is 1.78. The second-order valence-corrected chi connectivity index (χ2v) is 8.05. The normalized spacial score (nSPS) is 11.6. The molecule has 32 heavy (non-hydrogen) atoms. The van der Waals surface area contributed by atoms with Crippen molar-refractivity contribution >= 4 is 23.4 Å². The topological polar surface area (TPSA) is 86.5 Å². The van der Waals surface area contributed by atoms with Gasteiger partial charge in [-0.2, -0.15) is 0 Å². The molecule has 7 nitrogen and oxygen atoms in total. The Kier molecular flexibility index (Phi) is 6.72. The Morgan fingerprint density at radius 3 is 2.38 bits per heavy atom. The number of aromatic nitrogens is 2. The highest BCUT2D eigenvalue weighted by atomic mass is 32.2. The molecular weight excluding hydrogens is 426 g/mol. The van der Waals surface area contributed by atoms with E-state index in [4.69, 9.17) is 13.9 Å². The van der Waals surface area contributed by atoms with Gasteiger partial charge in [0.05, 0.1) is 17.9 Å². The quantitative estimate of drug-likeness (QED) is 0.349. The van der Waals surface area contributed by atoms with E-state index in [0.717, 1.165) is 5.75 Å². The van der Waals surface area contributed by atoms with E-state index >= 15 is 0 Å². The first kappa shape index (κ1) is 21.5. The highest BCUT2D eigenvalue weighted by molar-refractivity contribution is 8.00. The molecule has 4 aromatic rings. The number of nitrogens with one attached hydrogen (secondary N) is 1. The number of amides is 1. The predicted octanol–water partition coefficient (Wildman–Crippen LogP) is 5.66. The molecule has 0 aliphatic carbocycles. The second kappa shape index (κ2) is 10.0. The summed E-state index contributed by atoms with van der Waals surface area (Å²) in [5, 5.41) is 10.9. The van der Waals surface area contributed by atoms with Gasteiger partial charge in [-0.15, -0.1) is 10.2 Å². The SMILES string of the molecule is COc1ccccc1-c1nnc(S[C@H](C)C(=O)Nc2ccc(Oc3ccccc3)cc2)o1. The maximum absolute atomic E-state index is 12.6. The van der Waals surface area contributed by atoms with Crippen molar-refractivity contribution in [2.75, 3.05) is 12.4 Å². The number of carbonyl (C=O) groups excluding carboxylic acids is 1. The zero-order valence-electron chi connectivity index (χ0n) is 17.5. The van der Waals surface area contributed by atoms with Crippen LogP contribution in [0.3, 0.4) is 0 Å². The Hall–Kier alpha value is -3.78. The lowest BCUT2D eigenvalue weighted by Gasteiger charge is -2.11. The van der Waals surface area contributed by atoms with Gasteiger partial charge in [-0.25, -0.2) is 0 Å². The first-order valence-corrected chi connectivity index (χ1v) is 10.8. The van der Waals surface area contributed by atoms with Crippen molar-refractivity contribution in [2.45, 2.75) is 17.4 Å². The van der Waals surface area contributed by atoms with Gasteiger partial charge in [0.1, 0.15) is 17.2 Å². The molecule has 0 fully saturated rings. The van der Waals surface area contributed by atoms with E-state index in [1.807, 2.05) is 54.6 Å². The first-order valence-electron chi connectivity index (χ1n) is 9.90. The Morgan fingerprint density at radius 1 is 0.938 bits per heavy atom. The summed E-state index contributed by atoms with van der Waals surface area (Å²) in [7, 11) is 1.58.